The molecule has 5 rings (SSSR count). The Hall–Kier alpha value is -3.72. The van der Waals surface area contributed by atoms with Crippen LogP contribution in [0.3, 0.4) is 0 Å². The van der Waals surface area contributed by atoms with Gasteiger partial charge in [-0.25, -0.2) is 0 Å². The molecule has 5 N–H and O–H groups in total. The molecular formula is C27H26O8. The summed E-state index contributed by atoms with van der Waals surface area (Å²) < 4.78 is 18.4. The Balaban J connectivity index is 1.46. The zero-order valence-corrected chi connectivity index (χ0v) is 18.7. The van der Waals surface area contributed by atoms with E-state index in [4.69, 9.17) is 19.3 Å². The summed E-state index contributed by atoms with van der Waals surface area (Å²) >= 11 is 0. The summed E-state index contributed by atoms with van der Waals surface area (Å²) in [4.78, 5) is 0. The summed E-state index contributed by atoms with van der Waals surface area (Å²) in [6.07, 6.45) is 1.61. The summed E-state index contributed by atoms with van der Waals surface area (Å²) in [5, 5.41) is 48.8. The van der Waals surface area contributed by atoms with Crippen LogP contribution in [0.5, 0.6) is 28.7 Å². The first-order valence-electron chi connectivity index (χ1n) is 11.3. The van der Waals surface area contributed by atoms with Gasteiger partial charge in [-0.3, -0.25) is 0 Å². The van der Waals surface area contributed by atoms with E-state index in [1.165, 1.54) is 12.1 Å². The van der Waals surface area contributed by atoms with Crippen LogP contribution in [0, 0.1) is 0 Å². The van der Waals surface area contributed by atoms with Crippen molar-refractivity contribution in [2.24, 2.45) is 0 Å². The van der Waals surface area contributed by atoms with Gasteiger partial charge in [-0.2, -0.15) is 0 Å². The van der Waals surface area contributed by atoms with E-state index >= 15 is 0 Å². The van der Waals surface area contributed by atoms with Gasteiger partial charge >= 0.3 is 0 Å². The molecule has 2 aliphatic heterocycles. The molecular weight excluding hydrogens is 452 g/mol. The fraction of sp³-hybridized carbons (Fsp3) is 0.259. The minimum atomic E-state index is -0.640. The van der Waals surface area contributed by atoms with Crippen LogP contribution in [-0.4, -0.2) is 51.5 Å². The molecule has 0 amide bonds. The lowest BCUT2D eigenvalue weighted by Crippen LogP contribution is -2.36. The van der Waals surface area contributed by atoms with Gasteiger partial charge < -0.3 is 39.7 Å². The number of fused-ring (bicyclic) bond motifs is 2. The molecule has 3 aromatic carbocycles. The Morgan fingerprint density at radius 1 is 0.686 bits per heavy atom. The number of ether oxygens (including phenoxy) is 3. The van der Waals surface area contributed by atoms with Gasteiger partial charge in [0.1, 0.15) is 11.9 Å². The minimum Gasteiger partial charge on any atom is -0.504 e. The first-order valence-corrected chi connectivity index (χ1v) is 11.3. The maximum Gasteiger partial charge on any atom is 0.163 e. The third-order valence-corrected chi connectivity index (χ3v) is 6.34. The highest BCUT2D eigenvalue weighted by Gasteiger charge is 2.38. The van der Waals surface area contributed by atoms with E-state index in [1.54, 1.807) is 30.4 Å². The molecule has 0 radical (unpaired) electrons. The van der Waals surface area contributed by atoms with Crippen LogP contribution < -0.4 is 14.2 Å². The van der Waals surface area contributed by atoms with Crippen molar-refractivity contribution in [3.63, 3.8) is 0 Å². The van der Waals surface area contributed by atoms with Crippen molar-refractivity contribution in [2.45, 2.75) is 24.2 Å². The van der Waals surface area contributed by atoms with E-state index in [-0.39, 0.29) is 31.3 Å². The van der Waals surface area contributed by atoms with Crippen LogP contribution in [0.1, 0.15) is 40.4 Å². The second kappa shape index (κ2) is 9.50. The van der Waals surface area contributed by atoms with Gasteiger partial charge in [0.2, 0.25) is 0 Å². The number of aromatic hydroxyl groups is 2. The summed E-state index contributed by atoms with van der Waals surface area (Å²) in [6, 6.07) is 15.4. The van der Waals surface area contributed by atoms with E-state index in [2.05, 4.69) is 0 Å². The number of rotatable bonds is 6. The Morgan fingerprint density at radius 3 is 2.17 bits per heavy atom. The normalized spacial score (nSPS) is 22.7. The van der Waals surface area contributed by atoms with Crippen molar-refractivity contribution < 1.29 is 39.7 Å². The fourth-order valence-electron chi connectivity index (χ4n) is 4.59. The van der Waals surface area contributed by atoms with E-state index < -0.39 is 24.2 Å². The minimum absolute atomic E-state index is 0.0718. The summed E-state index contributed by atoms with van der Waals surface area (Å²) in [7, 11) is 0. The Labute approximate surface area is 201 Å². The smallest absolute Gasteiger partial charge is 0.163 e. The van der Waals surface area contributed by atoms with E-state index in [9.17, 15) is 20.4 Å². The first-order chi connectivity index (χ1) is 17.0. The Kier molecular flexibility index (Phi) is 6.25. The molecule has 0 aliphatic carbocycles. The van der Waals surface area contributed by atoms with Gasteiger partial charge in [0.15, 0.2) is 35.2 Å². The highest BCUT2D eigenvalue weighted by molar-refractivity contribution is 5.57. The van der Waals surface area contributed by atoms with E-state index in [0.29, 0.717) is 22.8 Å². The third-order valence-electron chi connectivity index (χ3n) is 6.34. The molecule has 0 saturated heterocycles. The monoisotopic (exact) mass is 478 g/mol. The molecule has 0 spiro atoms. The maximum atomic E-state index is 10.2. The standard InChI is InChI=1S/C27H26O8/c28-9-1-2-15-3-7-23-24(10-15)35-27(25(14-30)33-23)16-5-8-22-18(11-16)19(13-29)26(34-22)17-4-6-20(31)21(32)12-17/h1-8,10-12,19,25-32H,9,13-14H2/b2-1+/t19-,25+,26?,27?/m0/s1. The summed E-state index contributed by atoms with van der Waals surface area (Å²) in [5.41, 5.74) is 2.99. The molecule has 0 fully saturated rings. The van der Waals surface area contributed by atoms with Crippen molar-refractivity contribution >= 4 is 6.08 Å². The van der Waals surface area contributed by atoms with Crippen molar-refractivity contribution in [1.29, 1.82) is 0 Å². The van der Waals surface area contributed by atoms with E-state index in [1.807, 2.05) is 24.3 Å². The van der Waals surface area contributed by atoms with Crippen molar-refractivity contribution in [3.05, 3.63) is 82.9 Å². The van der Waals surface area contributed by atoms with Gasteiger partial charge in [-0.1, -0.05) is 30.4 Å². The summed E-state index contributed by atoms with van der Waals surface area (Å²) in [6.45, 7) is -0.530. The third kappa shape index (κ3) is 4.27. The van der Waals surface area contributed by atoms with Crippen LogP contribution in [0.2, 0.25) is 0 Å². The number of aliphatic hydroxyl groups excluding tert-OH is 3. The predicted molar refractivity (Wildman–Crippen MR) is 127 cm³/mol. The average Bonchev–Trinajstić information content (AvgIpc) is 3.25. The highest BCUT2D eigenvalue weighted by atomic mass is 16.6. The molecule has 0 bridgehead atoms. The Bertz CT molecular complexity index is 1250. The lowest BCUT2D eigenvalue weighted by atomic mass is 9.89. The van der Waals surface area contributed by atoms with Crippen LogP contribution in [0.25, 0.3) is 6.08 Å². The molecule has 8 heteroatoms. The van der Waals surface area contributed by atoms with Crippen molar-refractivity contribution in [3.8, 4) is 28.7 Å². The fourth-order valence-corrected chi connectivity index (χ4v) is 4.59. The lowest BCUT2D eigenvalue weighted by molar-refractivity contribution is -0.0123. The first kappa shape index (κ1) is 23.0. The van der Waals surface area contributed by atoms with Crippen LogP contribution in [-0.2, 0) is 0 Å². The molecule has 2 heterocycles. The van der Waals surface area contributed by atoms with Gasteiger partial charge in [0.05, 0.1) is 25.7 Å². The maximum absolute atomic E-state index is 10.2. The molecule has 2 unspecified atom stereocenters. The molecule has 35 heavy (non-hydrogen) atoms. The highest BCUT2D eigenvalue weighted by Crippen LogP contribution is 2.49. The van der Waals surface area contributed by atoms with Crippen LogP contribution >= 0.6 is 0 Å². The van der Waals surface area contributed by atoms with Crippen LogP contribution in [0.15, 0.2) is 60.7 Å². The van der Waals surface area contributed by atoms with Gasteiger partial charge in [0, 0.05) is 5.56 Å². The topological polar surface area (TPSA) is 129 Å². The number of phenolic OH excluding ortho intramolecular Hbond substituents is 2. The second-order valence-electron chi connectivity index (χ2n) is 8.54. The molecule has 3 aromatic rings. The zero-order chi connectivity index (χ0) is 24.5. The molecule has 0 saturated carbocycles. The largest absolute Gasteiger partial charge is 0.504 e. The lowest BCUT2D eigenvalue weighted by Gasteiger charge is -2.33. The number of benzene rings is 3. The number of phenols is 2. The molecule has 8 nitrogen and oxygen atoms in total. The van der Waals surface area contributed by atoms with Gasteiger partial charge in [-0.15, -0.1) is 0 Å². The molecule has 2 aliphatic rings. The summed E-state index contributed by atoms with van der Waals surface area (Å²) in [5.74, 6) is 0.740. The Morgan fingerprint density at radius 2 is 1.43 bits per heavy atom. The SMILES string of the molecule is OC/C=C/c1ccc2c(c1)OC(c1ccc3c(c1)[C@H](CO)C(c1ccc(O)c(O)c1)O3)[C@@H](CO)O2. The van der Waals surface area contributed by atoms with Crippen LogP contribution in [0.4, 0.5) is 0 Å². The number of hydrogen-bond acceptors (Lipinski definition) is 8. The zero-order valence-electron chi connectivity index (χ0n) is 18.7. The number of aliphatic hydroxyl groups is 3. The molecule has 0 aromatic heterocycles. The quantitative estimate of drug-likeness (QED) is 0.342. The van der Waals surface area contributed by atoms with Gasteiger partial charge in [-0.05, 0) is 53.1 Å². The second-order valence-corrected chi connectivity index (χ2v) is 8.54. The number of hydrogen-bond donors (Lipinski definition) is 5. The van der Waals surface area contributed by atoms with Crippen molar-refractivity contribution in [2.75, 3.05) is 19.8 Å². The van der Waals surface area contributed by atoms with E-state index in [0.717, 1.165) is 16.7 Å². The van der Waals surface area contributed by atoms with Crippen molar-refractivity contribution in [1.82, 2.24) is 0 Å². The average molecular weight is 478 g/mol. The van der Waals surface area contributed by atoms with Gasteiger partial charge in [0.25, 0.3) is 0 Å². The predicted octanol–water partition coefficient (Wildman–Crippen LogP) is 3.19. The molecule has 182 valence electrons. The molecule has 4 atom stereocenters.